The van der Waals surface area contributed by atoms with Gasteiger partial charge in [0.25, 0.3) is 0 Å². The predicted octanol–water partition coefficient (Wildman–Crippen LogP) is 5.71. The average Bonchev–Trinajstić information content (AvgIpc) is 2.37. The van der Waals surface area contributed by atoms with Crippen LogP contribution in [-0.4, -0.2) is 6.29 Å². The molecule has 1 rings (SSSR count). The molecule has 0 saturated carbocycles. The van der Waals surface area contributed by atoms with Crippen LogP contribution in [0.4, 0.5) is 0 Å². The second kappa shape index (κ2) is 9.90. The summed E-state index contributed by atoms with van der Waals surface area (Å²) >= 11 is 0. The first-order valence-electron chi connectivity index (χ1n) is 7.72. The van der Waals surface area contributed by atoms with Crippen molar-refractivity contribution in [3.8, 4) is 0 Å². The molecule has 0 spiro atoms. The first kappa shape index (κ1) is 21.0. The van der Waals surface area contributed by atoms with Crippen molar-refractivity contribution in [2.75, 3.05) is 0 Å². The molecule has 0 radical (unpaired) electrons. The van der Waals surface area contributed by atoms with Crippen LogP contribution in [0.15, 0.2) is 58.7 Å². The van der Waals surface area contributed by atoms with Crippen molar-refractivity contribution in [3.05, 3.63) is 58.7 Å². The van der Waals surface area contributed by atoms with Gasteiger partial charge in [0.2, 0.25) is 0 Å². The average molecular weight is 350 g/mol. The molecule has 0 bridgehead atoms. The zero-order valence-electron chi connectivity index (χ0n) is 14.8. The van der Waals surface area contributed by atoms with Crippen LogP contribution in [0.1, 0.15) is 53.9 Å². The van der Waals surface area contributed by atoms with Crippen LogP contribution in [0.25, 0.3) is 0 Å². The van der Waals surface area contributed by atoms with Crippen molar-refractivity contribution < 1.29 is 24.3 Å². The molecule has 22 heavy (non-hydrogen) atoms. The van der Waals surface area contributed by atoms with Gasteiger partial charge in [0.05, 0.1) is 0 Å². The predicted molar refractivity (Wildman–Crippen MR) is 92.2 cm³/mol. The van der Waals surface area contributed by atoms with Crippen molar-refractivity contribution in [2.45, 2.75) is 53.9 Å². The quantitative estimate of drug-likeness (QED) is 0.269. The number of hydrogen-bond acceptors (Lipinski definition) is 1. The third-order valence-corrected chi connectivity index (χ3v) is 4.10. The minimum Gasteiger partial charge on any atom is -0.299 e. The second-order valence-corrected chi connectivity index (χ2v) is 6.58. The summed E-state index contributed by atoms with van der Waals surface area (Å²) in [5.74, 6) is 0. The van der Waals surface area contributed by atoms with Crippen molar-refractivity contribution in [3.63, 3.8) is 0 Å². The molecule has 0 aromatic heterocycles. The van der Waals surface area contributed by atoms with Crippen molar-refractivity contribution in [2.24, 2.45) is 5.41 Å². The number of carbonyl (C=O) groups is 1. The summed E-state index contributed by atoms with van der Waals surface area (Å²) in [5, 5.41) is 0. The van der Waals surface area contributed by atoms with Gasteiger partial charge < -0.3 is 0 Å². The van der Waals surface area contributed by atoms with E-state index in [1.165, 1.54) is 36.0 Å². The van der Waals surface area contributed by atoms with Crippen molar-refractivity contribution >= 4 is 6.29 Å². The van der Waals surface area contributed by atoms with Crippen LogP contribution in [0.3, 0.4) is 0 Å². The molecular weight excluding hydrogens is 322 g/mol. The third-order valence-electron chi connectivity index (χ3n) is 4.10. The normalized spacial score (nSPS) is 19.7. The molecule has 0 aromatic rings. The summed E-state index contributed by atoms with van der Waals surface area (Å²) < 4.78 is 0. The first-order valence-corrected chi connectivity index (χ1v) is 7.72. The Hall–Kier alpha value is -1.01. The van der Waals surface area contributed by atoms with Crippen LogP contribution in [0.2, 0.25) is 0 Å². The maximum atomic E-state index is 10.3. The number of carbonyl (C=O) groups excluding carboxylic acids is 1. The summed E-state index contributed by atoms with van der Waals surface area (Å²) in [6, 6.07) is 0. The van der Waals surface area contributed by atoms with Crippen molar-refractivity contribution in [1.29, 1.82) is 0 Å². The topological polar surface area (TPSA) is 17.1 Å². The van der Waals surface area contributed by atoms with Gasteiger partial charge in [0.1, 0.15) is 6.29 Å². The van der Waals surface area contributed by atoms with Crippen LogP contribution < -0.4 is 0 Å². The molecule has 0 atom stereocenters. The molecule has 0 aliphatic heterocycles. The van der Waals surface area contributed by atoms with E-state index >= 15 is 0 Å². The van der Waals surface area contributed by atoms with Crippen LogP contribution in [0, 0.1) is 5.41 Å². The summed E-state index contributed by atoms with van der Waals surface area (Å²) in [4.78, 5) is 10.3. The molecule has 116 valence electrons. The van der Waals surface area contributed by atoms with E-state index < -0.39 is 0 Å². The maximum absolute atomic E-state index is 10.3. The molecule has 0 saturated heterocycles. The first-order chi connectivity index (χ1) is 9.86. The van der Waals surface area contributed by atoms with Crippen LogP contribution in [0.5, 0.6) is 0 Å². The van der Waals surface area contributed by atoms with E-state index in [1.54, 1.807) is 6.08 Å². The Morgan fingerprint density at radius 1 is 1.09 bits per heavy atom. The fourth-order valence-electron chi connectivity index (χ4n) is 2.80. The van der Waals surface area contributed by atoms with Gasteiger partial charge in [0.15, 0.2) is 0 Å². The molecule has 0 fully saturated rings. The Morgan fingerprint density at radius 3 is 2.32 bits per heavy atom. The standard InChI is InChI=1S/C20H28O.Zn/c1-16(8-6-9-17(2)13-15-21)11-12-19-18(3)10-7-14-20(19,4)5;/h6,8-9,11-13,15H,7,10,14H2,1-5H3;/b9-6+,12-11+,16-8+,17-13+;. The van der Waals surface area contributed by atoms with Gasteiger partial charge in [-0.25, -0.2) is 0 Å². The smallest absolute Gasteiger partial charge is 0.143 e. The Kier molecular flexibility index (Phi) is 9.45. The zero-order chi connectivity index (χ0) is 15.9. The van der Waals surface area contributed by atoms with E-state index in [2.05, 4.69) is 45.9 Å². The molecule has 1 aliphatic carbocycles. The number of hydrogen-bond donors (Lipinski definition) is 0. The van der Waals surface area contributed by atoms with Crippen molar-refractivity contribution in [1.82, 2.24) is 0 Å². The summed E-state index contributed by atoms with van der Waals surface area (Å²) in [7, 11) is 0. The van der Waals surface area contributed by atoms with Gasteiger partial charge in [-0.05, 0) is 62.7 Å². The monoisotopic (exact) mass is 348 g/mol. The van der Waals surface area contributed by atoms with E-state index in [1.807, 2.05) is 19.1 Å². The minimum absolute atomic E-state index is 0. The summed E-state index contributed by atoms with van der Waals surface area (Å²) in [5.41, 5.74) is 5.48. The maximum Gasteiger partial charge on any atom is 0.143 e. The number of aldehydes is 1. The largest absolute Gasteiger partial charge is 0.299 e. The van der Waals surface area contributed by atoms with E-state index in [0.29, 0.717) is 0 Å². The SMILES string of the molecule is CC1=C(/C=C/C(C)=C/C=C/C(C)=C/C=O)C(C)(C)CCC1.[Zn]. The molecule has 2 heteroatoms. The van der Waals surface area contributed by atoms with E-state index in [0.717, 1.165) is 11.9 Å². The molecule has 1 aliphatic rings. The molecule has 0 unspecified atom stereocenters. The molecule has 0 aromatic carbocycles. The van der Waals surface area contributed by atoms with Crippen LogP contribution in [-0.2, 0) is 24.3 Å². The Labute approximate surface area is 148 Å². The Bertz CT molecular complexity index is 528. The third kappa shape index (κ3) is 6.84. The molecule has 1 nitrogen and oxygen atoms in total. The minimum atomic E-state index is 0. The van der Waals surface area contributed by atoms with Crippen LogP contribution >= 0.6 is 0 Å². The fourth-order valence-corrected chi connectivity index (χ4v) is 2.80. The molecular formula is C20H28OZn. The van der Waals surface area contributed by atoms with Gasteiger partial charge in [-0.15, -0.1) is 0 Å². The summed E-state index contributed by atoms with van der Waals surface area (Å²) in [6.45, 7) is 10.9. The van der Waals surface area contributed by atoms with Gasteiger partial charge in [-0.3, -0.25) is 4.79 Å². The number of rotatable bonds is 5. The number of allylic oxidation sites excluding steroid dienone is 10. The molecule has 0 amide bonds. The van der Waals surface area contributed by atoms with Gasteiger partial charge >= 0.3 is 0 Å². The van der Waals surface area contributed by atoms with E-state index in [4.69, 9.17) is 0 Å². The fraction of sp³-hybridized carbons (Fsp3) is 0.450. The molecule has 0 heterocycles. The second-order valence-electron chi connectivity index (χ2n) is 6.58. The Morgan fingerprint density at radius 2 is 1.73 bits per heavy atom. The zero-order valence-corrected chi connectivity index (χ0v) is 17.7. The van der Waals surface area contributed by atoms with Gasteiger partial charge in [-0.2, -0.15) is 0 Å². The molecule has 0 N–H and O–H groups in total. The summed E-state index contributed by atoms with van der Waals surface area (Å²) in [6.07, 6.45) is 16.6. The van der Waals surface area contributed by atoms with E-state index in [9.17, 15) is 4.79 Å². The van der Waals surface area contributed by atoms with E-state index in [-0.39, 0.29) is 24.9 Å². The van der Waals surface area contributed by atoms with Gasteiger partial charge in [0, 0.05) is 19.5 Å². The van der Waals surface area contributed by atoms with Gasteiger partial charge in [-0.1, -0.05) is 55.4 Å². The Balaban J connectivity index is 0.00000441.